The molecule has 1 amide bonds. The molecule has 2 unspecified atom stereocenters. The van der Waals surface area contributed by atoms with Crippen molar-refractivity contribution in [2.24, 2.45) is 0 Å². The molecule has 7 heteroatoms. The van der Waals surface area contributed by atoms with E-state index in [0.29, 0.717) is 6.42 Å². The van der Waals surface area contributed by atoms with E-state index < -0.39 is 18.1 Å². The topological polar surface area (TPSA) is 95.9 Å². The summed E-state index contributed by atoms with van der Waals surface area (Å²) in [4.78, 5) is 37.5. The molecule has 0 aromatic rings. The van der Waals surface area contributed by atoms with Crippen LogP contribution < -0.4 is 5.32 Å². The van der Waals surface area contributed by atoms with Crippen LogP contribution in [0.25, 0.3) is 0 Å². The third-order valence-corrected chi connectivity index (χ3v) is 5.37. The first kappa shape index (κ1) is 20.7. The summed E-state index contributed by atoms with van der Waals surface area (Å²) in [7, 11) is 0. The molecule has 0 radical (unpaired) electrons. The lowest BCUT2D eigenvalue weighted by atomic mass is 10.1. The van der Waals surface area contributed by atoms with Crippen molar-refractivity contribution in [3.05, 3.63) is 0 Å². The van der Waals surface area contributed by atoms with Gasteiger partial charge in [-0.25, -0.2) is 0 Å². The van der Waals surface area contributed by atoms with Crippen molar-refractivity contribution >= 4 is 17.8 Å². The number of esters is 1. The molecule has 3 atom stereocenters. The van der Waals surface area contributed by atoms with Crippen molar-refractivity contribution in [2.45, 2.75) is 95.9 Å². The number of hydrogen-bond acceptors (Lipinski definition) is 5. The molecule has 1 aliphatic carbocycles. The van der Waals surface area contributed by atoms with Gasteiger partial charge in [-0.15, -0.1) is 0 Å². The molecule has 148 valence electrons. The van der Waals surface area contributed by atoms with Gasteiger partial charge >= 0.3 is 11.9 Å². The third kappa shape index (κ3) is 5.69. The highest BCUT2D eigenvalue weighted by molar-refractivity contribution is 5.86. The molecule has 2 fully saturated rings. The van der Waals surface area contributed by atoms with E-state index >= 15 is 0 Å². The van der Waals surface area contributed by atoms with Crippen molar-refractivity contribution in [3.63, 3.8) is 0 Å². The zero-order valence-electron chi connectivity index (χ0n) is 15.9. The van der Waals surface area contributed by atoms with Gasteiger partial charge in [0.15, 0.2) is 0 Å². The summed E-state index contributed by atoms with van der Waals surface area (Å²) >= 11 is 0. The predicted octanol–water partition coefficient (Wildman–Crippen LogP) is 2.08. The number of carboxylic acids is 1. The van der Waals surface area contributed by atoms with Gasteiger partial charge < -0.3 is 14.7 Å². The van der Waals surface area contributed by atoms with Gasteiger partial charge in [-0.05, 0) is 32.6 Å². The second kappa shape index (κ2) is 9.90. The number of amides is 1. The Balaban J connectivity index is 1.89. The highest BCUT2D eigenvalue weighted by Gasteiger charge is 2.37. The summed E-state index contributed by atoms with van der Waals surface area (Å²) in [6, 6.07) is -1.11. The van der Waals surface area contributed by atoms with Crippen LogP contribution in [0.2, 0.25) is 0 Å². The molecule has 0 aromatic heterocycles. The Kier molecular flexibility index (Phi) is 7.87. The Morgan fingerprint density at radius 3 is 2.62 bits per heavy atom. The number of rotatable bonds is 10. The molecule has 0 spiro atoms. The van der Waals surface area contributed by atoms with Gasteiger partial charge in [0.2, 0.25) is 5.91 Å². The number of hydrogen-bond donors (Lipinski definition) is 2. The zero-order chi connectivity index (χ0) is 19.1. The SMILES string of the molecule is CCCCCC1CC(N[C@@H](C)C(=O)N(CC(=O)O)C2CCCC2)C(=O)O1. The molecule has 0 aromatic carbocycles. The number of carboxylic acid groups (broad SMARTS) is 1. The minimum absolute atomic E-state index is 0.0137. The van der Waals surface area contributed by atoms with Crippen LogP contribution in [0, 0.1) is 0 Å². The maximum absolute atomic E-state index is 12.8. The Bertz CT molecular complexity index is 504. The van der Waals surface area contributed by atoms with Crippen LogP contribution in [-0.2, 0) is 19.1 Å². The summed E-state index contributed by atoms with van der Waals surface area (Å²) < 4.78 is 5.41. The second-order valence-corrected chi connectivity index (χ2v) is 7.53. The lowest BCUT2D eigenvalue weighted by Crippen LogP contribution is -2.53. The first-order valence-electron chi connectivity index (χ1n) is 9.91. The minimum atomic E-state index is -1.01. The van der Waals surface area contributed by atoms with Gasteiger partial charge in [0.1, 0.15) is 18.7 Å². The fraction of sp³-hybridized carbons (Fsp3) is 0.842. The van der Waals surface area contributed by atoms with E-state index in [4.69, 9.17) is 9.84 Å². The van der Waals surface area contributed by atoms with E-state index in [1.165, 1.54) is 4.90 Å². The maximum Gasteiger partial charge on any atom is 0.323 e. The van der Waals surface area contributed by atoms with Crippen molar-refractivity contribution in [1.82, 2.24) is 10.2 Å². The first-order valence-corrected chi connectivity index (χ1v) is 9.91. The number of nitrogens with one attached hydrogen (secondary N) is 1. The number of cyclic esters (lactones) is 1. The Morgan fingerprint density at radius 2 is 2.00 bits per heavy atom. The quantitative estimate of drug-likeness (QED) is 0.453. The summed E-state index contributed by atoms with van der Waals surface area (Å²) in [6.07, 6.45) is 8.33. The fourth-order valence-electron chi connectivity index (χ4n) is 3.96. The highest BCUT2D eigenvalue weighted by atomic mass is 16.6. The van der Waals surface area contributed by atoms with Crippen LogP contribution in [0.3, 0.4) is 0 Å². The number of ether oxygens (including phenoxy) is 1. The lowest BCUT2D eigenvalue weighted by molar-refractivity contribution is -0.148. The number of aliphatic carboxylic acids is 1. The van der Waals surface area contributed by atoms with E-state index in [2.05, 4.69) is 12.2 Å². The van der Waals surface area contributed by atoms with E-state index in [0.717, 1.165) is 51.4 Å². The molecule has 26 heavy (non-hydrogen) atoms. The molecule has 0 bridgehead atoms. The number of unbranched alkanes of at least 4 members (excludes halogenated alkanes) is 2. The van der Waals surface area contributed by atoms with Gasteiger partial charge in [0.05, 0.1) is 6.04 Å². The average molecular weight is 368 g/mol. The Hall–Kier alpha value is -1.63. The summed E-state index contributed by atoms with van der Waals surface area (Å²) in [5.41, 5.74) is 0. The van der Waals surface area contributed by atoms with Crippen LogP contribution in [-0.4, -0.2) is 58.6 Å². The van der Waals surface area contributed by atoms with Crippen molar-refractivity contribution in [2.75, 3.05) is 6.54 Å². The molecular weight excluding hydrogens is 336 g/mol. The number of carbonyl (C=O) groups is 3. The average Bonchev–Trinajstić information content (AvgIpc) is 3.23. The Morgan fingerprint density at radius 1 is 1.31 bits per heavy atom. The van der Waals surface area contributed by atoms with Gasteiger partial charge in [-0.2, -0.15) is 0 Å². The lowest BCUT2D eigenvalue weighted by Gasteiger charge is -2.30. The van der Waals surface area contributed by atoms with E-state index in [1.54, 1.807) is 6.92 Å². The van der Waals surface area contributed by atoms with E-state index in [1.807, 2.05) is 0 Å². The molecule has 2 N–H and O–H groups in total. The van der Waals surface area contributed by atoms with Crippen LogP contribution in [0.1, 0.15) is 71.6 Å². The van der Waals surface area contributed by atoms with Crippen LogP contribution >= 0.6 is 0 Å². The second-order valence-electron chi connectivity index (χ2n) is 7.53. The first-order chi connectivity index (χ1) is 12.4. The Labute approximate surface area is 155 Å². The molecule has 2 aliphatic rings. The molecule has 7 nitrogen and oxygen atoms in total. The van der Waals surface area contributed by atoms with Crippen LogP contribution in [0.15, 0.2) is 0 Å². The summed E-state index contributed by atoms with van der Waals surface area (Å²) in [6.45, 7) is 3.54. The fourth-order valence-corrected chi connectivity index (χ4v) is 3.96. The van der Waals surface area contributed by atoms with Crippen molar-refractivity contribution < 1.29 is 24.2 Å². The van der Waals surface area contributed by atoms with E-state index in [-0.39, 0.29) is 30.6 Å². The van der Waals surface area contributed by atoms with Crippen molar-refractivity contribution in [3.8, 4) is 0 Å². The largest absolute Gasteiger partial charge is 0.480 e. The smallest absolute Gasteiger partial charge is 0.323 e. The normalized spacial score (nSPS) is 24.5. The third-order valence-electron chi connectivity index (χ3n) is 5.37. The molecule has 1 saturated heterocycles. The van der Waals surface area contributed by atoms with Gasteiger partial charge in [-0.3, -0.25) is 19.7 Å². The standard InChI is InChI=1S/C19H32N2O5/c1-3-4-5-10-15-11-16(19(25)26-15)20-13(2)18(24)21(12-17(22)23)14-8-6-7-9-14/h13-16,20H,3-12H2,1-2H3,(H,22,23)/t13-,15?,16?/m0/s1. The monoisotopic (exact) mass is 368 g/mol. The molecule has 1 heterocycles. The van der Waals surface area contributed by atoms with Gasteiger partial charge in [0.25, 0.3) is 0 Å². The molecular formula is C19H32N2O5. The van der Waals surface area contributed by atoms with E-state index in [9.17, 15) is 14.4 Å². The highest BCUT2D eigenvalue weighted by Crippen LogP contribution is 2.25. The number of carbonyl (C=O) groups excluding carboxylic acids is 2. The van der Waals surface area contributed by atoms with Crippen LogP contribution in [0.4, 0.5) is 0 Å². The predicted molar refractivity (Wildman–Crippen MR) is 96.6 cm³/mol. The van der Waals surface area contributed by atoms with Crippen LogP contribution in [0.5, 0.6) is 0 Å². The van der Waals surface area contributed by atoms with Gasteiger partial charge in [0, 0.05) is 12.5 Å². The van der Waals surface area contributed by atoms with Gasteiger partial charge in [-0.1, -0.05) is 32.6 Å². The molecule has 1 aliphatic heterocycles. The summed E-state index contributed by atoms with van der Waals surface area (Å²) in [5.74, 6) is -1.56. The molecule has 2 rings (SSSR count). The zero-order valence-corrected chi connectivity index (χ0v) is 15.9. The van der Waals surface area contributed by atoms with Crippen molar-refractivity contribution in [1.29, 1.82) is 0 Å². The summed E-state index contributed by atoms with van der Waals surface area (Å²) in [5, 5.41) is 12.2. The minimum Gasteiger partial charge on any atom is -0.480 e. The molecule has 1 saturated carbocycles. The maximum atomic E-state index is 12.8. The number of nitrogens with zero attached hydrogens (tertiary/aromatic N) is 1.